The van der Waals surface area contributed by atoms with Gasteiger partial charge in [0.25, 0.3) is 5.91 Å². The predicted molar refractivity (Wildman–Crippen MR) is 83.0 cm³/mol. The summed E-state index contributed by atoms with van der Waals surface area (Å²) in [6, 6.07) is 8.28. The maximum absolute atomic E-state index is 12.2. The molecule has 0 saturated heterocycles. The Labute approximate surface area is 126 Å². The van der Waals surface area contributed by atoms with Gasteiger partial charge in [-0.15, -0.1) is 0 Å². The molecule has 0 spiro atoms. The Balaban J connectivity index is 2.74. The smallest absolute Gasteiger partial charge is 0.328 e. The molecule has 1 rings (SSSR count). The number of ether oxygens (including phenoxy) is 1. The summed E-state index contributed by atoms with van der Waals surface area (Å²) in [4.78, 5) is 24.4. The van der Waals surface area contributed by atoms with E-state index >= 15 is 0 Å². The molecular formula is C17H25NO3. The Kier molecular flexibility index (Phi) is 6.92. The van der Waals surface area contributed by atoms with Crippen LogP contribution in [0.2, 0.25) is 0 Å². The fraction of sp³-hybridized carbons (Fsp3) is 0.529. The van der Waals surface area contributed by atoms with E-state index in [4.69, 9.17) is 4.74 Å². The standard InChI is InChI=1S/C17H25NO3/c1-5-13(4)21-17(20)15(11-12(2)3)18-16(19)14-9-7-6-8-10-14/h6-10,12-13,15H,5,11H2,1-4H3,(H,18,19)/t13?,15-/m0/s1. The van der Waals surface area contributed by atoms with Crippen molar-refractivity contribution in [3.8, 4) is 0 Å². The van der Waals surface area contributed by atoms with Crippen molar-refractivity contribution in [2.45, 2.75) is 52.7 Å². The van der Waals surface area contributed by atoms with Crippen LogP contribution in [0.4, 0.5) is 0 Å². The molecule has 0 bridgehead atoms. The van der Waals surface area contributed by atoms with Crippen LogP contribution in [-0.4, -0.2) is 24.0 Å². The third-order valence-electron chi connectivity index (χ3n) is 3.23. The summed E-state index contributed by atoms with van der Waals surface area (Å²) in [6.45, 7) is 7.83. The Morgan fingerprint density at radius 1 is 1.14 bits per heavy atom. The highest BCUT2D eigenvalue weighted by atomic mass is 16.5. The number of hydrogen-bond acceptors (Lipinski definition) is 3. The Bertz CT molecular complexity index is 456. The molecule has 1 N–H and O–H groups in total. The number of nitrogens with one attached hydrogen (secondary N) is 1. The number of carbonyl (C=O) groups excluding carboxylic acids is 2. The summed E-state index contributed by atoms with van der Waals surface area (Å²) in [6.07, 6.45) is 1.18. The van der Waals surface area contributed by atoms with Crippen molar-refractivity contribution in [1.82, 2.24) is 5.32 Å². The van der Waals surface area contributed by atoms with Crippen LogP contribution in [0.3, 0.4) is 0 Å². The van der Waals surface area contributed by atoms with Gasteiger partial charge in [-0.2, -0.15) is 0 Å². The van der Waals surface area contributed by atoms with E-state index in [1.54, 1.807) is 24.3 Å². The molecule has 4 nitrogen and oxygen atoms in total. The summed E-state index contributed by atoms with van der Waals surface area (Å²) >= 11 is 0. The third kappa shape index (κ3) is 5.98. The largest absolute Gasteiger partial charge is 0.461 e. The number of amides is 1. The first kappa shape index (κ1) is 17.2. The highest BCUT2D eigenvalue weighted by Gasteiger charge is 2.25. The molecule has 4 heteroatoms. The third-order valence-corrected chi connectivity index (χ3v) is 3.23. The molecule has 0 fully saturated rings. The zero-order valence-electron chi connectivity index (χ0n) is 13.3. The highest BCUT2D eigenvalue weighted by molar-refractivity contribution is 5.96. The second kappa shape index (κ2) is 8.45. The van der Waals surface area contributed by atoms with E-state index in [0.717, 1.165) is 6.42 Å². The van der Waals surface area contributed by atoms with Crippen molar-refractivity contribution in [2.75, 3.05) is 0 Å². The van der Waals surface area contributed by atoms with Gasteiger partial charge in [0.2, 0.25) is 0 Å². The zero-order valence-corrected chi connectivity index (χ0v) is 13.3. The second-order valence-electron chi connectivity index (χ2n) is 5.68. The molecule has 0 aliphatic carbocycles. The van der Waals surface area contributed by atoms with E-state index in [0.29, 0.717) is 12.0 Å². The number of esters is 1. The molecule has 0 aromatic heterocycles. The van der Waals surface area contributed by atoms with Gasteiger partial charge in [0.15, 0.2) is 0 Å². The van der Waals surface area contributed by atoms with Crippen LogP contribution in [-0.2, 0) is 9.53 Å². The topological polar surface area (TPSA) is 55.4 Å². The minimum Gasteiger partial charge on any atom is -0.461 e. The Morgan fingerprint density at radius 2 is 1.76 bits per heavy atom. The van der Waals surface area contributed by atoms with Crippen LogP contribution < -0.4 is 5.32 Å². The van der Waals surface area contributed by atoms with Crippen LogP contribution in [0.25, 0.3) is 0 Å². The normalized spacial score (nSPS) is 13.6. The first-order valence-corrected chi connectivity index (χ1v) is 7.50. The molecule has 2 atom stereocenters. The van der Waals surface area contributed by atoms with Crippen LogP contribution in [0, 0.1) is 5.92 Å². The number of hydrogen-bond donors (Lipinski definition) is 1. The average Bonchev–Trinajstić information content (AvgIpc) is 2.46. The van der Waals surface area contributed by atoms with Crippen molar-refractivity contribution in [3.63, 3.8) is 0 Å². The van der Waals surface area contributed by atoms with E-state index in [1.165, 1.54) is 0 Å². The first-order valence-electron chi connectivity index (χ1n) is 7.50. The summed E-state index contributed by atoms with van der Waals surface area (Å²) in [5.41, 5.74) is 0.544. The average molecular weight is 291 g/mol. The van der Waals surface area contributed by atoms with Crippen molar-refractivity contribution >= 4 is 11.9 Å². The van der Waals surface area contributed by atoms with Gasteiger partial charge in [-0.1, -0.05) is 39.0 Å². The lowest BCUT2D eigenvalue weighted by Crippen LogP contribution is -2.43. The monoisotopic (exact) mass is 291 g/mol. The van der Waals surface area contributed by atoms with Crippen molar-refractivity contribution in [3.05, 3.63) is 35.9 Å². The van der Waals surface area contributed by atoms with Gasteiger partial charge >= 0.3 is 5.97 Å². The van der Waals surface area contributed by atoms with Gasteiger partial charge in [-0.25, -0.2) is 4.79 Å². The van der Waals surface area contributed by atoms with Crippen LogP contribution in [0.1, 0.15) is 50.9 Å². The summed E-state index contributed by atoms with van der Waals surface area (Å²) in [7, 11) is 0. The molecule has 1 aromatic rings. The fourth-order valence-electron chi connectivity index (χ4n) is 1.88. The minimum absolute atomic E-state index is 0.138. The molecular weight excluding hydrogens is 266 g/mol. The lowest BCUT2D eigenvalue weighted by Gasteiger charge is -2.21. The van der Waals surface area contributed by atoms with E-state index in [2.05, 4.69) is 5.32 Å². The Morgan fingerprint density at radius 3 is 2.29 bits per heavy atom. The maximum Gasteiger partial charge on any atom is 0.328 e. The molecule has 1 unspecified atom stereocenters. The SMILES string of the molecule is CCC(C)OC(=O)[C@H](CC(C)C)NC(=O)c1ccccc1. The number of benzene rings is 1. The quantitative estimate of drug-likeness (QED) is 0.785. The number of carbonyl (C=O) groups is 2. The second-order valence-corrected chi connectivity index (χ2v) is 5.68. The van der Waals surface area contributed by atoms with Crippen molar-refractivity contribution in [2.24, 2.45) is 5.92 Å². The lowest BCUT2D eigenvalue weighted by atomic mass is 10.0. The van der Waals surface area contributed by atoms with Crippen LogP contribution in [0.5, 0.6) is 0 Å². The number of rotatable bonds is 7. The van der Waals surface area contributed by atoms with Crippen molar-refractivity contribution in [1.29, 1.82) is 0 Å². The summed E-state index contributed by atoms with van der Waals surface area (Å²) < 4.78 is 5.35. The maximum atomic E-state index is 12.2. The Hall–Kier alpha value is -1.84. The van der Waals surface area contributed by atoms with Gasteiger partial charge < -0.3 is 10.1 Å². The van der Waals surface area contributed by atoms with E-state index in [9.17, 15) is 9.59 Å². The highest BCUT2D eigenvalue weighted by Crippen LogP contribution is 2.10. The predicted octanol–water partition coefficient (Wildman–Crippen LogP) is 3.17. The van der Waals surface area contributed by atoms with Gasteiger partial charge in [-0.3, -0.25) is 4.79 Å². The molecule has 0 aliphatic rings. The van der Waals surface area contributed by atoms with Gasteiger partial charge in [0.1, 0.15) is 6.04 Å². The molecule has 0 saturated carbocycles. The zero-order chi connectivity index (χ0) is 15.8. The first-order chi connectivity index (χ1) is 9.93. The summed E-state index contributed by atoms with van der Waals surface area (Å²) in [5.74, 6) is -0.319. The minimum atomic E-state index is -0.605. The summed E-state index contributed by atoms with van der Waals surface area (Å²) in [5, 5.41) is 2.78. The fourth-order valence-corrected chi connectivity index (χ4v) is 1.88. The van der Waals surface area contributed by atoms with Crippen molar-refractivity contribution < 1.29 is 14.3 Å². The molecule has 21 heavy (non-hydrogen) atoms. The molecule has 116 valence electrons. The van der Waals surface area contributed by atoms with E-state index in [-0.39, 0.29) is 23.9 Å². The van der Waals surface area contributed by atoms with Crippen LogP contribution in [0.15, 0.2) is 30.3 Å². The van der Waals surface area contributed by atoms with E-state index < -0.39 is 6.04 Å². The van der Waals surface area contributed by atoms with Gasteiger partial charge in [0.05, 0.1) is 6.10 Å². The lowest BCUT2D eigenvalue weighted by molar-refractivity contribution is -0.151. The van der Waals surface area contributed by atoms with Crippen LogP contribution >= 0.6 is 0 Å². The molecule has 0 aliphatic heterocycles. The van der Waals surface area contributed by atoms with Gasteiger partial charge in [0, 0.05) is 5.56 Å². The van der Waals surface area contributed by atoms with E-state index in [1.807, 2.05) is 33.8 Å². The van der Waals surface area contributed by atoms with Gasteiger partial charge in [-0.05, 0) is 37.8 Å². The molecule has 1 aromatic carbocycles. The molecule has 1 amide bonds. The molecule has 0 radical (unpaired) electrons. The molecule has 0 heterocycles.